The van der Waals surface area contributed by atoms with Crippen LogP contribution >= 0.6 is 0 Å². The molecule has 2 heterocycles. The second-order valence-electron chi connectivity index (χ2n) is 8.04. The van der Waals surface area contributed by atoms with Crippen molar-refractivity contribution in [1.82, 2.24) is 19.7 Å². The number of carbonyl (C=O) groups excluding carboxylic acids is 1. The van der Waals surface area contributed by atoms with E-state index in [9.17, 15) is 4.79 Å². The molecule has 2 saturated carbocycles. The average molecular weight is 382 g/mol. The topological polar surface area (TPSA) is 69.5 Å². The van der Waals surface area contributed by atoms with E-state index in [0.717, 1.165) is 42.9 Å². The van der Waals surface area contributed by atoms with Crippen molar-refractivity contribution in [3.8, 4) is 22.9 Å². The van der Waals surface area contributed by atoms with Crippen LogP contribution in [0.5, 0.6) is 11.5 Å². The largest absolute Gasteiger partial charge is 0.493 e. The highest BCUT2D eigenvalue weighted by Gasteiger charge is 2.44. The van der Waals surface area contributed by atoms with Crippen molar-refractivity contribution in [2.75, 3.05) is 14.2 Å². The van der Waals surface area contributed by atoms with E-state index >= 15 is 0 Å². The van der Waals surface area contributed by atoms with Gasteiger partial charge in [-0.15, -0.1) is 10.2 Å². The van der Waals surface area contributed by atoms with Crippen LogP contribution in [0.25, 0.3) is 11.4 Å². The third-order valence-electron chi connectivity index (χ3n) is 6.36. The van der Waals surface area contributed by atoms with Gasteiger partial charge in [0.25, 0.3) is 0 Å². The molecule has 2 aromatic rings. The molecular weight excluding hydrogens is 356 g/mol. The molecule has 1 amide bonds. The fourth-order valence-electron chi connectivity index (χ4n) is 4.78. The number of ether oxygens (including phenoxy) is 2. The first-order valence-corrected chi connectivity index (χ1v) is 10.2. The number of carbonyl (C=O) groups is 1. The lowest BCUT2D eigenvalue weighted by Crippen LogP contribution is -2.51. The van der Waals surface area contributed by atoms with E-state index in [4.69, 9.17) is 9.47 Å². The predicted molar refractivity (Wildman–Crippen MR) is 103 cm³/mol. The highest BCUT2D eigenvalue weighted by molar-refractivity contribution is 5.81. The summed E-state index contributed by atoms with van der Waals surface area (Å²) in [4.78, 5) is 15.0. The molecule has 0 bridgehead atoms. The number of nitrogens with zero attached hydrogens (tertiary/aromatic N) is 4. The van der Waals surface area contributed by atoms with Gasteiger partial charge in [0.15, 0.2) is 23.1 Å². The molecule has 2 aliphatic carbocycles. The van der Waals surface area contributed by atoms with Crippen molar-refractivity contribution >= 4 is 5.91 Å². The van der Waals surface area contributed by atoms with Crippen LogP contribution in [0, 0.1) is 5.92 Å². The van der Waals surface area contributed by atoms with Crippen LogP contribution in [-0.2, 0) is 11.3 Å². The first-order valence-electron chi connectivity index (χ1n) is 10.2. The van der Waals surface area contributed by atoms with Gasteiger partial charge in [0.1, 0.15) is 0 Å². The van der Waals surface area contributed by atoms with Crippen molar-refractivity contribution < 1.29 is 14.3 Å². The van der Waals surface area contributed by atoms with E-state index in [2.05, 4.69) is 19.7 Å². The summed E-state index contributed by atoms with van der Waals surface area (Å²) < 4.78 is 13.1. The first kappa shape index (κ1) is 17.5. The number of rotatable bonds is 4. The van der Waals surface area contributed by atoms with E-state index in [1.807, 2.05) is 18.2 Å². The number of hydrogen-bond acceptors (Lipinski definition) is 5. The lowest BCUT2D eigenvalue weighted by Gasteiger charge is -2.45. The maximum atomic E-state index is 12.9. The number of fused-ring (bicyclic) bond motifs is 3. The molecule has 2 atom stereocenters. The zero-order valence-electron chi connectivity index (χ0n) is 16.4. The first-order chi connectivity index (χ1) is 13.7. The molecule has 148 valence electrons. The highest BCUT2D eigenvalue weighted by Crippen LogP contribution is 2.43. The Balaban J connectivity index is 1.55. The molecule has 0 radical (unpaired) electrons. The van der Waals surface area contributed by atoms with Crippen LogP contribution in [0.3, 0.4) is 0 Å². The van der Waals surface area contributed by atoms with Gasteiger partial charge >= 0.3 is 0 Å². The summed E-state index contributed by atoms with van der Waals surface area (Å²) in [6.45, 7) is 0.566. The number of hydrogen-bond donors (Lipinski definition) is 0. The van der Waals surface area contributed by atoms with E-state index < -0.39 is 0 Å². The van der Waals surface area contributed by atoms with Crippen molar-refractivity contribution in [2.24, 2.45) is 5.92 Å². The zero-order valence-corrected chi connectivity index (χ0v) is 16.4. The molecule has 0 spiro atoms. The Morgan fingerprint density at radius 1 is 1.00 bits per heavy atom. The summed E-state index contributed by atoms with van der Waals surface area (Å²) in [5.74, 6) is 3.68. The Morgan fingerprint density at radius 3 is 2.46 bits per heavy atom. The normalized spacial score (nSPS) is 23.7. The van der Waals surface area contributed by atoms with Gasteiger partial charge < -0.3 is 18.9 Å². The van der Waals surface area contributed by atoms with Crippen LogP contribution in [0.1, 0.15) is 50.4 Å². The molecule has 7 heteroatoms. The van der Waals surface area contributed by atoms with E-state index in [1.54, 1.807) is 14.2 Å². The standard InChI is InChI=1S/C21H26N4O3/c1-27-17-10-9-14(11-18(17)28-2)20-23-22-19-12-24(21(26)13-7-8-13)15-5-3-4-6-16(15)25(19)20/h9-11,13,15-16H,3-8,12H2,1-2H3/t15-,16-/m0/s1. The zero-order chi connectivity index (χ0) is 19.3. The Bertz CT molecular complexity index is 905. The Hall–Kier alpha value is -2.57. The molecular formula is C21H26N4O3. The minimum Gasteiger partial charge on any atom is -0.493 e. The molecule has 0 saturated heterocycles. The van der Waals surface area contributed by atoms with Gasteiger partial charge in [-0.3, -0.25) is 4.79 Å². The second kappa shape index (κ2) is 6.79. The van der Waals surface area contributed by atoms with Gasteiger partial charge in [0.05, 0.1) is 32.8 Å². The lowest BCUT2D eigenvalue weighted by atomic mass is 9.86. The summed E-state index contributed by atoms with van der Waals surface area (Å²) in [6.07, 6.45) is 6.55. The van der Waals surface area contributed by atoms with Crippen LogP contribution in [0.4, 0.5) is 0 Å². The molecule has 1 aromatic carbocycles. The van der Waals surface area contributed by atoms with Crippen molar-refractivity contribution in [3.63, 3.8) is 0 Å². The Kier molecular flexibility index (Phi) is 4.25. The maximum absolute atomic E-state index is 12.9. The molecule has 5 rings (SSSR count). The van der Waals surface area contributed by atoms with Crippen LogP contribution in [0.2, 0.25) is 0 Å². The van der Waals surface area contributed by atoms with E-state index in [0.29, 0.717) is 24.0 Å². The minimum atomic E-state index is 0.238. The summed E-state index contributed by atoms with van der Waals surface area (Å²) in [6, 6.07) is 6.36. The second-order valence-corrected chi connectivity index (χ2v) is 8.04. The van der Waals surface area contributed by atoms with E-state index in [1.165, 1.54) is 12.8 Å². The number of amides is 1. The minimum absolute atomic E-state index is 0.238. The SMILES string of the molecule is COc1ccc(-c2nnc3n2[C@H]2CCCC[C@@H]2N(C(=O)C2CC2)C3)cc1OC. The Labute approximate surface area is 164 Å². The van der Waals surface area contributed by atoms with Gasteiger partial charge in [-0.2, -0.15) is 0 Å². The monoisotopic (exact) mass is 382 g/mol. The molecule has 0 N–H and O–H groups in total. The van der Waals surface area contributed by atoms with Crippen molar-refractivity contribution in [3.05, 3.63) is 24.0 Å². The number of methoxy groups -OCH3 is 2. The highest BCUT2D eigenvalue weighted by atomic mass is 16.5. The number of aromatic nitrogens is 3. The molecule has 0 unspecified atom stereocenters. The van der Waals surface area contributed by atoms with Crippen molar-refractivity contribution in [1.29, 1.82) is 0 Å². The molecule has 1 aliphatic heterocycles. The molecule has 2 fully saturated rings. The van der Waals surface area contributed by atoms with Gasteiger partial charge in [0, 0.05) is 11.5 Å². The van der Waals surface area contributed by atoms with Crippen LogP contribution in [0.15, 0.2) is 18.2 Å². The lowest BCUT2D eigenvalue weighted by molar-refractivity contribution is -0.139. The Morgan fingerprint density at radius 2 is 1.75 bits per heavy atom. The third kappa shape index (κ3) is 2.75. The van der Waals surface area contributed by atoms with Gasteiger partial charge in [-0.25, -0.2) is 0 Å². The molecule has 7 nitrogen and oxygen atoms in total. The van der Waals surface area contributed by atoms with Gasteiger partial charge in [-0.05, 0) is 43.9 Å². The molecule has 28 heavy (non-hydrogen) atoms. The predicted octanol–water partition coefficient (Wildman–Crippen LogP) is 3.20. The van der Waals surface area contributed by atoms with Crippen LogP contribution < -0.4 is 9.47 Å². The number of benzene rings is 1. The quantitative estimate of drug-likeness (QED) is 0.812. The maximum Gasteiger partial charge on any atom is 0.226 e. The summed E-state index contributed by atoms with van der Waals surface area (Å²) >= 11 is 0. The molecule has 3 aliphatic rings. The third-order valence-corrected chi connectivity index (χ3v) is 6.36. The fraction of sp³-hybridized carbons (Fsp3) is 0.571. The fourth-order valence-corrected chi connectivity index (χ4v) is 4.78. The average Bonchev–Trinajstić information content (AvgIpc) is 3.51. The summed E-state index contributed by atoms with van der Waals surface area (Å²) in [5.41, 5.74) is 0.961. The smallest absolute Gasteiger partial charge is 0.226 e. The molecule has 1 aromatic heterocycles. The van der Waals surface area contributed by atoms with Crippen LogP contribution in [-0.4, -0.2) is 45.8 Å². The van der Waals surface area contributed by atoms with Gasteiger partial charge in [0.2, 0.25) is 5.91 Å². The summed E-state index contributed by atoms with van der Waals surface area (Å²) in [7, 11) is 3.27. The van der Waals surface area contributed by atoms with Crippen molar-refractivity contribution in [2.45, 2.75) is 57.2 Å². The summed E-state index contributed by atoms with van der Waals surface area (Å²) in [5, 5.41) is 9.00. The van der Waals surface area contributed by atoms with E-state index in [-0.39, 0.29) is 18.0 Å². The van der Waals surface area contributed by atoms with Gasteiger partial charge in [-0.1, -0.05) is 12.8 Å².